The molecule has 120 valence electrons. The molecule has 1 aliphatic rings. The molecule has 1 heterocycles. The fourth-order valence-corrected chi connectivity index (χ4v) is 8.04. The molecule has 1 saturated heterocycles. The number of rotatable bonds is 8. The Kier molecular flexibility index (Phi) is 7.10. The third-order valence-corrected chi connectivity index (χ3v) is 9.20. The van der Waals surface area contributed by atoms with Crippen LogP contribution in [0, 0.1) is 0 Å². The number of ether oxygens (including phenoxy) is 1. The number of nitrogens with zero attached hydrogens (tertiary/aromatic N) is 1. The summed E-state index contributed by atoms with van der Waals surface area (Å²) in [5.74, 6) is 0. The summed E-state index contributed by atoms with van der Waals surface area (Å²) in [6.07, 6.45) is 4.10. The fraction of sp³-hybridized carbons (Fsp3) is 1.00. The minimum absolute atomic E-state index is 0.160. The second-order valence-electron chi connectivity index (χ2n) is 5.62. The van der Waals surface area contributed by atoms with Gasteiger partial charge in [-0.15, -0.1) is 0 Å². The largest absolute Gasteiger partial charge is 0.396 e. The molecule has 5 nitrogen and oxygen atoms in total. The number of aliphatic hydroxyl groups is 1. The molecule has 0 aromatic rings. The molecule has 0 spiro atoms. The minimum atomic E-state index is -2.43. The lowest BCUT2D eigenvalue weighted by Crippen LogP contribution is -2.73. The standard InChI is InChI=1S/C14H31NO4Si/c1-6-9-14(17-3)13(15(2)10-11-16)8-7-12-20(14,18-4)19-5/h13,16H,6-12H2,1-5H3. The molecule has 0 saturated carbocycles. The maximum absolute atomic E-state index is 9.25. The van der Waals surface area contributed by atoms with E-state index in [0.717, 1.165) is 31.7 Å². The molecule has 2 unspecified atom stereocenters. The van der Waals surface area contributed by atoms with E-state index < -0.39 is 8.56 Å². The molecule has 1 rings (SSSR count). The van der Waals surface area contributed by atoms with Crippen LogP contribution in [0.4, 0.5) is 0 Å². The van der Waals surface area contributed by atoms with Crippen molar-refractivity contribution in [3.63, 3.8) is 0 Å². The van der Waals surface area contributed by atoms with Crippen molar-refractivity contribution in [1.82, 2.24) is 4.90 Å². The summed E-state index contributed by atoms with van der Waals surface area (Å²) in [5, 5.41) is 8.88. The van der Waals surface area contributed by atoms with E-state index in [9.17, 15) is 5.11 Å². The molecule has 0 radical (unpaired) electrons. The lowest BCUT2D eigenvalue weighted by Gasteiger charge is -2.54. The highest BCUT2D eigenvalue weighted by Crippen LogP contribution is 2.44. The van der Waals surface area contributed by atoms with Gasteiger partial charge < -0.3 is 18.7 Å². The van der Waals surface area contributed by atoms with Gasteiger partial charge in [-0.3, -0.25) is 4.90 Å². The first-order chi connectivity index (χ1) is 9.57. The first-order valence-electron chi connectivity index (χ1n) is 7.54. The topological polar surface area (TPSA) is 51.2 Å². The summed E-state index contributed by atoms with van der Waals surface area (Å²) < 4.78 is 18.0. The Labute approximate surface area is 124 Å². The summed E-state index contributed by atoms with van der Waals surface area (Å²) in [5.41, 5.74) is 0. The SMILES string of the molecule is CCCC1(OC)C(N(C)CCO)CCC[Si]1(OC)OC. The van der Waals surface area contributed by atoms with Gasteiger partial charge in [-0.1, -0.05) is 13.3 Å². The highest BCUT2D eigenvalue weighted by Gasteiger charge is 2.63. The highest BCUT2D eigenvalue weighted by atomic mass is 28.4. The molecule has 0 aliphatic carbocycles. The van der Waals surface area contributed by atoms with E-state index in [4.69, 9.17) is 13.6 Å². The number of likely N-dealkylation sites (N-methyl/N-ethyl adjacent to an activating group) is 1. The van der Waals surface area contributed by atoms with Crippen LogP contribution < -0.4 is 0 Å². The van der Waals surface area contributed by atoms with Crippen LogP contribution in [-0.4, -0.2) is 71.4 Å². The molecule has 20 heavy (non-hydrogen) atoms. The normalized spacial score (nSPS) is 29.9. The molecule has 0 bridgehead atoms. The number of methoxy groups -OCH3 is 1. The Hall–Kier alpha value is 0.0169. The van der Waals surface area contributed by atoms with Crippen LogP contribution in [-0.2, 0) is 13.6 Å². The zero-order chi connectivity index (χ0) is 15.2. The fourth-order valence-electron chi connectivity index (χ4n) is 3.87. The van der Waals surface area contributed by atoms with Crippen molar-refractivity contribution in [1.29, 1.82) is 0 Å². The van der Waals surface area contributed by atoms with Gasteiger partial charge in [0, 0.05) is 33.9 Å². The van der Waals surface area contributed by atoms with E-state index in [2.05, 4.69) is 18.9 Å². The second-order valence-corrected chi connectivity index (χ2v) is 9.29. The van der Waals surface area contributed by atoms with Crippen LogP contribution in [0.3, 0.4) is 0 Å². The van der Waals surface area contributed by atoms with Crippen molar-refractivity contribution in [2.75, 3.05) is 41.5 Å². The summed E-state index contributed by atoms with van der Waals surface area (Å²) in [7, 11) is 4.92. The minimum Gasteiger partial charge on any atom is -0.396 e. The Morgan fingerprint density at radius 2 is 1.95 bits per heavy atom. The van der Waals surface area contributed by atoms with Crippen molar-refractivity contribution < 1.29 is 18.7 Å². The highest BCUT2D eigenvalue weighted by molar-refractivity contribution is 6.71. The predicted molar refractivity (Wildman–Crippen MR) is 82.0 cm³/mol. The van der Waals surface area contributed by atoms with Crippen molar-refractivity contribution in [2.24, 2.45) is 0 Å². The average Bonchev–Trinajstić information content (AvgIpc) is 2.47. The van der Waals surface area contributed by atoms with E-state index in [1.807, 2.05) is 0 Å². The smallest absolute Gasteiger partial charge is 0.372 e. The van der Waals surface area contributed by atoms with Crippen LogP contribution >= 0.6 is 0 Å². The van der Waals surface area contributed by atoms with Gasteiger partial charge in [0.25, 0.3) is 0 Å². The van der Waals surface area contributed by atoms with Crippen LogP contribution in [0.2, 0.25) is 6.04 Å². The monoisotopic (exact) mass is 305 g/mol. The molecule has 6 heteroatoms. The van der Waals surface area contributed by atoms with E-state index in [1.165, 1.54) is 0 Å². The Balaban J connectivity index is 3.20. The molecular weight excluding hydrogens is 274 g/mol. The van der Waals surface area contributed by atoms with Gasteiger partial charge >= 0.3 is 8.56 Å². The number of hydrogen-bond acceptors (Lipinski definition) is 5. The van der Waals surface area contributed by atoms with Crippen molar-refractivity contribution in [3.8, 4) is 0 Å². The van der Waals surface area contributed by atoms with Gasteiger partial charge in [-0.05, 0) is 32.4 Å². The van der Waals surface area contributed by atoms with Crippen LogP contribution in [0.25, 0.3) is 0 Å². The van der Waals surface area contributed by atoms with Gasteiger partial charge in [0.05, 0.1) is 6.61 Å². The average molecular weight is 305 g/mol. The number of hydrogen-bond donors (Lipinski definition) is 1. The van der Waals surface area contributed by atoms with Crippen LogP contribution in [0.1, 0.15) is 32.6 Å². The molecule has 1 N–H and O–H groups in total. The zero-order valence-electron chi connectivity index (χ0n) is 13.6. The summed E-state index contributed by atoms with van der Waals surface area (Å²) in [4.78, 5) is 2.21. The summed E-state index contributed by atoms with van der Waals surface area (Å²) >= 11 is 0. The molecule has 2 atom stereocenters. The molecule has 1 fully saturated rings. The van der Waals surface area contributed by atoms with E-state index in [0.29, 0.717) is 6.54 Å². The Morgan fingerprint density at radius 3 is 2.40 bits per heavy atom. The first-order valence-corrected chi connectivity index (χ1v) is 9.56. The third kappa shape index (κ3) is 2.96. The van der Waals surface area contributed by atoms with E-state index in [-0.39, 0.29) is 17.9 Å². The Bertz CT molecular complexity index is 288. The van der Waals surface area contributed by atoms with E-state index in [1.54, 1.807) is 21.3 Å². The van der Waals surface area contributed by atoms with E-state index >= 15 is 0 Å². The molecule has 1 aliphatic heterocycles. The van der Waals surface area contributed by atoms with Gasteiger partial charge in [0.15, 0.2) is 0 Å². The quantitative estimate of drug-likeness (QED) is 0.689. The maximum atomic E-state index is 9.25. The zero-order valence-corrected chi connectivity index (χ0v) is 14.6. The molecule has 0 aromatic carbocycles. The van der Waals surface area contributed by atoms with Gasteiger partial charge in [0.2, 0.25) is 0 Å². The molecular formula is C14H31NO4Si. The predicted octanol–water partition coefficient (Wildman–Crippen LogP) is 1.53. The van der Waals surface area contributed by atoms with Gasteiger partial charge in [-0.25, -0.2) is 0 Å². The van der Waals surface area contributed by atoms with Gasteiger partial charge in [-0.2, -0.15) is 0 Å². The molecule has 0 aromatic heterocycles. The summed E-state index contributed by atoms with van der Waals surface area (Å²) in [6, 6.07) is 1.21. The lowest BCUT2D eigenvalue weighted by molar-refractivity contribution is -0.0701. The van der Waals surface area contributed by atoms with Crippen molar-refractivity contribution in [3.05, 3.63) is 0 Å². The first kappa shape index (κ1) is 18.1. The van der Waals surface area contributed by atoms with Crippen molar-refractivity contribution >= 4 is 8.56 Å². The molecule has 0 amide bonds. The Morgan fingerprint density at radius 1 is 1.30 bits per heavy atom. The third-order valence-electron chi connectivity index (χ3n) is 4.80. The number of aliphatic hydroxyl groups excluding tert-OH is 1. The lowest BCUT2D eigenvalue weighted by atomic mass is 9.98. The van der Waals surface area contributed by atoms with Crippen LogP contribution in [0.15, 0.2) is 0 Å². The van der Waals surface area contributed by atoms with Crippen molar-refractivity contribution in [2.45, 2.75) is 49.9 Å². The maximum Gasteiger partial charge on any atom is 0.372 e. The van der Waals surface area contributed by atoms with Gasteiger partial charge in [0.1, 0.15) is 5.22 Å². The van der Waals surface area contributed by atoms with Crippen LogP contribution in [0.5, 0.6) is 0 Å². The second kappa shape index (κ2) is 7.86. The summed E-state index contributed by atoms with van der Waals surface area (Å²) in [6.45, 7) is 2.98.